The molecule has 1 N–H and O–H groups in total. The standard InChI is InChI=1S/C37H56N4O5/c1-10-20-39(21-11-2)33(43)30-31-34(44)41(29(24-42)25(7)13-4)32(37(31)23-26(8)36(30,9)46-37)35(45)40(22-12-3)28-18-16-27(17-19-28)38(14-5)15-6/h10,12,16-19,25-26,29-32,42H,1,3,11,13-15,20-24H2,2,4-9H3/t25-,26?,29-,30+,31-,32?,36-,37?/m0/s1. The van der Waals surface area contributed by atoms with E-state index in [9.17, 15) is 14.7 Å². The van der Waals surface area contributed by atoms with E-state index in [1.165, 1.54) is 0 Å². The summed E-state index contributed by atoms with van der Waals surface area (Å²) in [6.07, 6.45) is 5.33. The summed E-state index contributed by atoms with van der Waals surface area (Å²) in [5.41, 5.74) is -0.382. The molecular weight excluding hydrogens is 580 g/mol. The number of hydrogen-bond donors (Lipinski definition) is 1. The third-order valence-corrected chi connectivity index (χ3v) is 11.1. The molecule has 3 aliphatic rings. The molecule has 0 saturated carbocycles. The van der Waals surface area contributed by atoms with Crippen LogP contribution in [0.1, 0.15) is 67.7 Å². The number of fused-ring (bicyclic) bond motifs is 1. The molecule has 3 saturated heterocycles. The fourth-order valence-electron chi connectivity index (χ4n) is 8.45. The van der Waals surface area contributed by atoms with Crippen molar-refractivity contribution in [3.63, 3.8) is 0 Å². The van der Waals surface area contributed by atoms with Crippen LogP contribution in [0.4, 0.5) is 11.4 Å². The summed E-state index contributed by atoms with van der Waals surface area (Å²) in [7, 11) is 0. The first-order valence-electron chi connectivity index (χ1n) is 17.3. The Hall–Kier alpha value is -3.17. The lowest BCUT2D eigenvalue weighted by Gasteiger charge is -2.41. The zero-order chi connectivity index (χ0) is 34.0. The van der Waals surface area contributed by atoms with Gasteiger partial charge in [0, 0.05) is 44.1 Å². The third-order valence-electron chi connectivity index (χ3n) is 11.1. The summed E-state index contributed by atoms with van der Waals surface area (Å²) in [5, 5.41) is 10.8. The first-order valence-corrected chi connectivity index (χ1v) is 17.3. The van der Waals surface area contributed by atoms with Gasteiger partial charge in [-0.05, 0) is 69.7 Å². The van der Waals surface area contributed by atoms with Gasteiger partial charge in [0.2, 0.25) is 11.8 Å². The molecule has 4 rings (SSSR count). The second kappa shape index (κ2) is 14.3. The summed E-state index contributed by atoms with van der Waals surface area (Å²) in [4.78, 5) is 51.7. The molecule has 0 radical (unpaired) electrons. The summed E-state index contributed by atoms with van der Waals surface area (Å²) in [6, 6.07) is 6.27. The molecule has 46 heavy (non-hydrogen) atoms. The zero-order valence-corrected chi connectivity index (χ0v) is 29.1. The zero-order valence-electron chi connectivity index (χ0n) is 29.1. The van der Waals surface area contributed by atoms with Crippen LogP contribution in [0.2, 0.25) is 0 Å². The van der Waals surface area contributed by atoms with Gasteiger partial charge in [0.1, 0.15) is 11.6 Å². The number of anilines is 2. The normalized spacial score (nSPS) is 29.3. The Morgan fingerprint density at radius 3 is 2.20 bits per heavy atom. The van der Waals surface area contributed by atoms with Gasteiger partial charge in [-0.15, -0.1) is 13.2 Å². The molecule has 9 heteroatoms. The maximum Gasteiger partial charge on any atom is 0.253 e. The Kier molecular flexibility index (Phi) is 11.1. The minimum Gasteiger partial charge on any atom is -0.394 e. The van der Waals surface area contributed by atoms with Gasteiger partial charge in [-0.25, -0.2) is 0 Å². The van der Waals surface area contributed by atoms with Crippen LogP contribution in [0, 0.1) is 23.7 Å². The molecule has 3 unspecified atom stereocenters. The smallest absolute Gasteiger partial charge is 0.253 e. The summed E-state index contributed by atoms with van der Waals surface area (Å²) in [5.74, 6) is -2.46. The van der Waals surface area contributed by atoms with E-state index >= 15 is 4.79 Å². The van der Waals surface area contributed by atoms with E-state index in [4.69, 9.17) is 4.74 Å². The number of aliphatic hydroxyl groups excluding tert-OH is 1. The molecule has 1 spiro atoms. The molecular formula is C37H56N4O5. The van der Waals surface area contributed by atoms with E-state index < -0.39 is 35.1 Å². The number of aliphatic hydroxyl groups is 1. The van der Waals surface area contributed by atoms with Gasteiger partial charge in [-0.2, -0.15) is 0 Å². The van der Waals surface area contributed by atoms with E-state index in [2.05, 4.69) is 38.8 Å². The number of carbonyl (C=O) groups is 3. The molecule has 3 heterocycles. The van der Waals surface area contributed by atoms with Crippen LogP contribution in [0.15, 0.2) is 49.6 Å². The summed E-state index contributed by atoms with van der Waals surface area (Å²) in [6.45, 7) is 24.6. The van der Waals surface area contributed by atoms with Crippen molar-refractivity contribution >= 4 is 29.1 Å². The van der Waals surface area contributed by atoms with Crippen molar-refractivity contribution in [3.8, 4) is 0 Å². The number of likely N-dealkylation sites (tertiary alicyclic amines) is 1. The molecule has 1 aromatic carbocycles. The molecule has 0 aromatic heterocycles. The van der Waals surface area contributed by atoms with Crippen molar-refractivity contribution < 1.29 is 24.2 Å². The van der Waals surface area contributed by atoms with Crippen LogP contribution < -0.4 is 9.80 Å². The fraction of sp³-hybridized carbons (Fsp3) is 0.649. The predicted molar refractivity (Wildman–Crippen MR) is 184 cm³/mol. The molecule has 3 aliphatic heterocycles. The summed E-state index contributed by atoms with van der Waals surface area (Å²) < 4.78 is 7.01. The summed E-state index contributed by atoms with van der Waals surface area (Å²) >= 11 is 0. The Morgan fingerprint density at radius 2 is 1.67 bits per heavy atom. The topological polar surface area (TPSA) is 93.6 Å². The van der Waals surface area contributed by atoms with Crippen LogP contribution in [-0.2, 0) is 19.1 Å². The Bertz CT molecular complexity index is 1280. The van der Waals surface area contributed by atoms with Crippen LogP contribution in [0.5, 0.6) is 0 Å². The van der Waals surface area contributed by atoms with Crippen LogP contribution >= 0.6 is 0 Å². The highest BCUT2D eigenvalue weighted by Crippen LogP contribution is 2.66. The molecule has 9 nitrogen and oxygen atoms in total. The molecule has 2 bridgehead atoms. The van der Waals surface area contributed by atoms with Crippen LogP contribution in [-0.4, -0.2) is 95.2 Å². The largest absolute Gasteiger partial charge is 0.394 e. The van der Waals surface area contributed by atoms with Crippen molar-refractivity contribution in [2.75, 3.05) is 49.1 Å². The van der Waals surface area contributed by atoms with E-state index in [0.717, 1.165) is 25.2 Å². The molecule has 1 aromatic rings. The maximum absolute atomic E-state index is 15.1. The lowest BCUT2D eigenvalue weighted by Crippen LogP contribution is -2.60. The highest BCUT2D eigenvalue weighted by molar-refractivity contribution is 6.05. The fourth-order valence-corrected chi connectivity index (χ4v) is 8.45. The van der Waals surface area contributed by atoms with Gasteiger partial charge in [0.05, 0.1) is 30.1 Å². The molecule has 8 atom stereocenters. The number of benzene rings is 1. The molecule has 254 valence electrons. The average molecular weight is 637 g/mol. The number of rotatable bonds is 16. The Morgan fingerprint density at radius 1 is 1.07 bits per heavy atom. The lowest BCUT2D eigenvalue weighted by molar-refractivity contribution is -0.154. The van der Waals surface area contributed by atoms with Crippen molar-refractivity contribution in [3.05, 3.63) is 49.6 Å². The second-order valence-electron chi connectivity index (χ2n) is 13.6. The molecule has 0 aliphatic carbocycles. The van der Waals surface area contributed by atoms with Gasteiger partial charge in [-0.1, -0.05) is 46.3 Å². The highest BCUT2D eigenvalue weighted by atomic mass is 16.5. The predicted octanol–water partition coefficient (Wildman–Crippen LogP) is 4.89. The number of hydrogen-bond acceptors (Lipinski definition) is 6. The highest BCUT2D eigenvalue weighted by Gasteiger charge is 2.80. The van der Waals surface area contributed by atoms with Crippen LogP contribution in [0.25, 0.3) is 0 Å². The van der Waals surface area contributed by atoms with E-state index in [1.54, 1.807) is 26.9 Å². The van der Waals surface area contributed by atoms with Crippen molar-refractivity contribution in [1.29, 1.82) is 0 Å². The van der Waals surface area contributed by atoms with Gasteiger partial charge < -0.3 is 29.4 Å². The number of nitrogens with zero attached hydrogens (tertiary/aromatic N) is 4. The van der Waals surface area contributed by atoms with Gasteiger partial charge in [0.25, 0.3) is 5.91 Å². The Labute approximate surface area is 276 Å². The monoisotopic (exact) mass is 636 g/mol. The molecule has 3 amide bonds. The average Bonchev–Trinajstić information content (AvgIpc) is 3.56. The number of amides is 3. The second-order valence-corrected chi connectivity index (χ2v) is 13.6. The minimum atomic E-state index is -1.21. The quantitative estimate of drug-likeness (QED) is 0.260. The van der Waals surface area contributed by atoms with Gasteiger partial charge in [0.15, 0.2) is 0 Å². The van der Waals surface area contributed by atoms with Crippen molar-refractivity contribution in [1.82, 2.24) is 9.80 Å². The number of carbonyl (C=O) groups excluding carboxylic acids is 3. The van der Waals surface area contributed by atoms with E-state index in [0.29, 0.717) is 31.6 Å². The van der Waals surface area contributed by atoms with Crippen LogP contribution in [0.3, 0.4) is 0 Å². The first-order chi connectivity index (χ1) is 22.0. The lowest BCUT2D eigenvalue weighted by atomic mass is 9.62. The van der Waals surface area contributed by atoms with Gasteiger partial charge in [-0.3, -0.25) is 14.4 Å². The van der Waals surface area contributed by atoms with E-state index in [1.807, 2.05) is 52.0 Å². The van der Waals surface area contributed by atoms with E-state index in [-0.39, 0.29) is 42.7 Å². The third kappa shape index (κ3) is 5.68. The van der Waals surface area contributed by atoms with Crippen molar-refractivity contribution in [2.24, 2.45) is 23.7 Å². The molecule has 3 fully saturated rings. The first kappa shape index (κ1) is 35.7. The van der Waals surface area contributed by atoms with Gasteiger partial charge >= 0.3 is 0 Å². The SMILES string of the molecule is C=CCN(CCC)C(=O)[C@H]1[C@H]2C(=O)N([C@@H](CO)[C@@H](C)CC)C(C(=O)N(CC=C)c3ccc(N(CC)CC)cc3)C23CC(C)[C@]1(C)O3. The van der Waals surface area contributed by atoms with Crippen molar-refractivity contribution in [2.45, 2.75) is 91.0 Å². The maximum atomic E-state index is 15.1. The Balaban J connectivity index is 1.87. The number of ether oxygens (including phenoxy) is 1. The minimum absolute atomic E-state index is 0.0784.